The second-order valence-electron chi connectivity index (χ2n) is 6.40. The number of rotatable bonds is 2. The first kappa shape index (κ1) is 15.5. The van der Waals surface area contributed by atoms with Gasteiger partial charge < -0.3 is 4.90 Å². The Kier molecular flexibility index (Phi) is 3.81. The van der Waals surface area contributed by atoms with E-state index < -0.39 is 0 Å². The first-order chi connectivity index (χ1) is 12.2. The minimum atomic E-state index is -0.271. The molecule has 1 saturated heterocycles. The van der Waals surface area contributed by atoms with Gasteiger partial charge in [-0.05, 0) is 62.2 Å². The van der Waals surface area contributed by atoms with E-state index in [1.165, 1.54) is 12.1 Å². The van der Waals surface area contributed by atoms with E-state index in [4.69, 9.17) is 15.2 Å². The normalized spacial score (nSPS) is 17.0. The molecule has 1 unspecified atom stereocenters. The van der Waals surface area contributed by atoms with Crippen LogP contribution in [0.4, 0.5) is 10.2 Å². The molecule has 0 aliphatic carbocycles. The lowest BCUT2D eigenvalue weighted by Gasteiger charge is -2.25. The van der Waals surface area contributed by atoms with Crippen molar-refractivity contribution in [2.45, 2.75) is 25.8 Å². The van der Waals surface area contributed by atoms with Crippen LogP contribution in [-0.2, 0) is 0 Å². The number of hydrogen-bond donors (Lipinski definition) is 0. The van der Waals surface area contributed by atoms with Crippen molar-refractivity contribution in [1.82, 2.24) is 9.97 Å². The van der Waals surface area contributed by atoms with Gasteiger partial charge >= 0.3 is 0 Å². The zero-order valence-corrected chi connectivity index (χ0v) is 13.9. The molecule has 1 fully saturated rings. The molecule has 3 aromatic rings. The van der Waals surface area contributed by atoms with Crippen molar-refractivity contribution in [1.29, 1.82) is 5.26 Å². The van der Waals surface area contributed by atoms with Gasteiger partial charge in [0.2, 0.25) is 0 Å². The lowest BCUT2D eigenvalue weighted by molar-refractivity contribution is 0.628. The van der Waals surface area contributed by atoms with Gasteiger partial charge in [-0.2, -0.15) is 5.26 Å². The summed E-state index contributed by atoms with van der Waals surface area (Å²) in [5, 5.41) is 9.13. The van der Waals surface area contributed by atoms with Gasteiger partial charge in [0.1, 0.15) is 11.5 Å². The molecule has 0 spiro atoms. The Morgan fingerprint density at radius 3 is 2.60 bits per heavy atom. The third kappa shape index (κ3) is 2.80. The Balaban J connectivity index is 1.95. The van der Waals surface area contributed by atoms with E-state index in [0.717, 1.165) is 42.0 Å². The van der Waals surface area contributed by atoms with Crippen LogP contribution in [0.1, 0.15) is 25.3 Å². The smallest absolute Gasteiger partial charge is 0.156 e. The van der Waals surface area contributed by atoms with Crippen molar-refractivity contribution in [3.8, 4) is 17.3 Å². The highest BCUT2D eigenvalue weighted by Gasteiger charge is 2.25. The zero-order chi connectivity index (χ0) is 17.4. The monoisotopic (exact) mass is 332 g/mol. The highest BCUT2D eigenvalue weighted by atomic mass is 19.1. The Bertz CT molecular complexity index is 975. The topological polar surface area (TPSA) is 52.8 Å². The third-order valence-corrected chi connectivity index (χ3v) is 4.72. The Labute approximate surface area is 145 Å². The van der Waals surface area contributed by atoms with Crippen LogP contribution in [0.5, 0.6) is 0 Å². The molecular weight excluding hydrogens is 315 g/mol. The van der Waals surface area contributed by atoms with E-state index in [9.17, 15) is 4.39 Å². The first-order valence-electron chi connectivity index (χ1n) is 8.40. The standard InChI is InChI=1S/C20H17FN4/c1-13-3-2-10-25(13)20-19(15-5-7-16(21)8-6-15)23-17-9-4-14(12-22)11-18(17)24-20/h4-9,11,13H,2-3,10H2,1H3. The van der Waals surface area contributed by atoms with Gasteiger partial charge in [-0.25, -0.2) is 14.4 Å². The Hall–Kier alpha value is -3.00. The minimum absolute atomic E-state index is 0.271. The van der Waals surface area contributed by atoms with Crippen LogP contribution in [0.2, 0.25) is 0 Å². The number of benzene rings is 2. The summed E-state index contributed by atoms with van der Waals surface area (Å²) < 4.78 is 13.3. The molecule has 1 aliphatic heterocycles. The molecule has 5 heteroatoms. The molecule has 1 aromatic heterocycles. The van der Waals surface area contributed by atoms with E-state index in [-0.39, 0.29) is 5.82 Å². The molecule has 1 atom stereocenters. The van der Waals surface area contributed by atoms with Gasteiger partial charge in [0, 0.05) is 18.2 Å². The predicted molar refractivity (Wildman–Crippen MR) is 95.7 cm³/mol. The van der Waals surface area contributed by atoms with E-state index in [2.05, 4.69) is 17.9 Å². The summed E-state index contributed by atoms with van der Waals surface area (Å²) >= 11 is 0. The second-order valence-corrected chi connectivity index (χ2v) is 6.40. The van der Waals surface area contributed by atoms with E-state index in [0.29, 0.717) is 17.1 Å². The molecule has 1 aliphatic rings. The molecule has 25 heavy (non-hydrogen) atoms. The number of halogens is 1. The predicted octanol–water partition coefficient (Wildman–Crippen LogP) is 4.30. The Morgan fingerprint density at radius 1 is 1.12 bits per heavy atom. The fraction of sp³-hybridized carbons (Fsp3) is 0.250. The van der Waals surface area contributed by atoms with Gasteiger partial charge in [0.25, 0.3) is 0 Å². The van der Waals surface area contributed by atoms with Crippen molar-refractivity contribution in [3.05, 3.63) is 53.8 Å². The third-order valence-electron chi connectivity index (χ3n) is 4.72. The fourth-order valence-corrected chi connectivity index (χ4v) is 3.36. The maximum atomic E-state index is 13.3. The molecule has 0 amide bonds. The summed E-state index contributed by atoms with van der Waals surface area (Å²) in [5.74, 6) is 0.534. The lowest BCUT2D eigenvalue weighted by Crippen LogP contribution is -2.28. The SMILES string of the molecule is CC1CCCN1c1nc2cc(C#N)ccc2nc1-c1ccc(F)cc1. The molecule has 124 valence electrons. The van der Waals surface area contributed by atoms with E-state index in [1.807, 2.05) is 6.07 Å². The molecule has 2 heterocycles. The highest BCUT2D eigenvalue weighted by molar-refractivity contribution is 5.84. The summed E-state index contributed by atoms with van der Waals surface area (Å²) in [7, 11) is 0. The van der Waals surface area contributed by atoms with Crippen LogP contribution in [0.25, 0.3) is 22.3 Å². The molecule has 0 radical (unpaired) electrons. The summed E-state index contributed by atoms with van der Waals surface area (Å²) in [5.41, 5.74) is 3.60. The highest BCUT2D eigenvalue weighted by Crippen LogP contribution is 2.34. The van der Waals surface area contributed by atoms with Crippen LogP contribution in [0.15, 0.2) is 42.5 Å². The minimum Gasteiger partial charge on any atom is -0.352 e. The maximum absolute atomic E-state index is 13.3. The van der Waals surface area contributed by atoms with Gasteiger partial charge in [-0.1, -0.05) is 0 Å². The fourth-order valence-electron chi connectivity index (χ4n) is 3.36. The van der Waals surface area contributed by atoms with Crippen molar-refractivity contribution in [2.75, 3.05) is 11.4 Å². The van der Waals surface area contributed by atoms with Gasteiger partial charge in [0.05, 0.1) is 22.7 Å². The van der Waals surface area contributed by atoms with Crippen molar-refractivity contribution >= 4 is 16.9 Å². The summed E-state index contributed by atoms with van der Waals surface area (Å²) in [6.07, 6.45) is 2.22. The molecule has 4 nitrogen and oxygen atoms in total. The molecule has 2 aromatic carbocycles. The van der Waals surface area contributed by atoms with Gasteiger partial charge in [0.15, 0.2) is 5.82 Å². The number of aromatic nitrogens is 2. The first-order valence-corrected chi connectivity index (χ1v) is 8.40. The van der Waals surface area contributed by atoms with Crippen LogP contribution in [-0.4, -0.2) is 22.6 Å². The van der Waals surface area contributed by atoms with E-state index in [1.54, 1.807) is 24.3 Å². The second kappa shape index (κ2) is 6.14. The molecule has 0 saturated carbocycles. The van der Waals surface area contributed by atoms with Crippen LogP contribution in [0, 0.1) is 17.1 Å². The van der Waals surface area contributed by atoms with Crippen molar-refractivity contribution in [2.24, 2.45) is 0 Å². The summed E-state index contributed by atoms with van der Waals surface area (Å²) in [4.78, 5) is 11.9. The van der Waals surface area contributed by atoms with Gasteiger partial charge in [-0.3, -0.25) is 0 Å². The van der Waals surface area contributed by atoms with Crippen molar-refractivity contribution < 1.29 is 4.39 Å². The average molecular weight is 332 g/mol. The van der Waals surface area contributed by atoms with E-state index >= 15 is 0 Å². The van der Waals surface area contributed by atoms with Crippen molar-refractivity contribution in [3.63, 3.8) is 0 Å². The molecular formula is C20H17FN4. The lowest BCUT2D eigenvalue weighted by atomic mass is 10.1. The number of fused-ring (bicyclic) bond motifs is 1. The largest absolute Gasteiger partial charge is 0.352 e. The molecule has 4 rings (SSSR count). The Morgan fingerprint density at radius 2 is 1.92 bits per heavy atom. The number of nitrogens with zero attached hydrogens (tertiary/aromatic N) is 4. The van der Waals surface area contributed by atoms with Crippen LogP contribution < -0.4 is 4.90 Å². The summed E-state index contributed by atoms with van der Waals surface area (Å²) in [6.45, 7) is 3.10. The zero-order valence-electron chi connectivity index (χ0n) is 13.9. The number of anilines is 1. The molecule has 0 bridgehead atoms. The maximum Gasteiger partial charge on any atom is 0.156 e. The van der Waals surface area contributed by atoms with Crippen LogP contribution >= 0.6 is 0 Å². The molecule has 0 N–H and O–H groups in total. The number of nitriles is 1. The quantitative estimate of drug-likeness (QED) is 0.702. The van der Waals surface area contributed by atoms with Gasteiger partial charge in [-0.15, -0.1) is 0 Å². The number of hydrogen-bond acceptors (Lipinski definition) is 4. The van der Waals surface area contributed by atoms with Crippen LogP contribution in [0.3, 0.4) is 0 Å². The summed E-state index contributed by atoms with van der Waals surface area (Å²) in [6, 6.07) is 14.2. The average Bonchev–Trinajstić information content (AvgIpc) is 3.06.